The van der Waals surface area contributed by atoms with Crippen molar-refractivity contribution in [3.05, 3.63) is 87.9 Å². The van der Waals surface area contributed by atoms with E-state index in [1.54, 1.807) is 18.2 Å². The first kappa shape index (κ1) is 30.6. The maximum Gasteiger partial charge on any atom is 0.161 e. The van der Waals surface area contributed by atoms with Crippen LogP contribution >= 0.6 is 0 Å². The number of aliphatic hydroxyl groups is 1. The molecule has 3 aromatic rings. The summed E-state index contributed by atoms with van der Waals surface area (Å²) in [6.45, 7) is 3.02. The number of carbonyl (C=O) groups excluding carboxylic acids is 1. The Hall–Kier alpha value is -3.90. The third-order valence-corrected chi connectivity index (χ3v) is 8.92. The second-order valence-corrected chi connectivity index (χ2v) is 12.0. The molecule has 0 atom stereocenters. The number of rotatable bonds is 14. The third-order valence-electron chi connectivity index (χ3n) is 8.92. The highest BCUT2D eigenvalue weighted by Crippen LogP contribution is 2.43. The van der Waals surface area contributed by atoms with E-state index in [9.17, 15) is 20.1 Å². The number of phenols is 2. The molecule has 2 aliphatic rings. The topological polar surface area (TPSA) is 99.4 Å². The molecular formula is C37H43NO5. The lowest BCUT2D eigenvalue weighted by Gasteiger charge is -2.24. The molecule has 1 fully saturated rings. The van der Waals surface area contributed by atoms with Crippen molar-refractivity contribution in [3.8, 4) is 28.4 Å². The molecule has 0 aromatic heterocycles. The summed E-state index contributed by atoms with van der Waals surface area (Å²) >= 11 is 0. The number of hydrogen-bond donors (Lipinski definition) is 3. The predicted molar refractivity (Wildman–Crippen MR) is 170 cm³/mol. The summed E-state index contributed by atoms with van der Waals surface area (Å²) in [5.74, 6) is 0.751. The molecule has 226 valence electrons. The van der Waals surface area contributed by atoms with Gasteiger partial charge < -0.3 is 20.1 Å². The molecule has 0 spiro atoms. The molecule has 0 radical (unpaired) electrons. The van der Waals surface area contributed by atoms with Crippen LogP contribution in [0.25, 0.3) is 17.2 Å². The Morgan fingerprint density at radius 1 is 1.02 bits per heavy atom. The van der Waals surface area contributed by atoms with E-state index in [2.05, 4.69) is 18.0 Å². The van der Waals surface area contributed by atoms with Gasteiger partial charge in [-0.15, -0.1) is 0 Å². The molecule has 43 heavy (non-hydrogen) atoms. The number of aryl methyl sites for hydroxylation is 1. The highest BCUT2D eigenvalue weighted by molar-refractivity contribution is 5.89. The minimum atomic E-state index is -0.109. The molecular weight excluding hydrogens is 538 g/mol. The van der Waals surface area contributed by atoms with Gasteiger partial charge >= 0.3 is 0 Å². The predicted octanol–water partition coefficient (Wildman–Crippen LogP) is 6.10. The van der Waals surface area contributed by atoms with Crippen LogP contribution in [-0.2, 0) is 24.2 Å². The molecule has 1 aliphatic carbocycles. The second kappa shape index (κ2) is 14.0. The van der Waals surface area contributed by atoms with Gasteiger partial charge in [0.15, 0.2) is 17.3 Å². The number of fused-ring (bicyclic) bond motifs is 1. The van der Waals surface area contributed by atoms with E-state index < -0.39 is 0 Å². The van der Waals surface area contributed by atoms with Gasteiger partial charge in [0.25, 0.3) is 0 Å². The van der Waals surface area contributed by atoms with Gasteiger partial charge in [-0.2, -0.15) is 0 Å². The largest absolute Gasteiger partial charge is 0.508 e. The number of unbranched alkanes of at least 4 members (excludes halogenated alkanes) is 1. The fourth-order valence-corrected chi connectivity index (χ4v) is 6.46. The highest BCUT2D eigenvalue weighted by Gasteiger charge is 2.30. The number of ether oxygens (including phenoxy) is 1. The SMILES string of the molecule is CCCCC1(C=CC(=O)CCc2ccc(O)c(OCCc3ccc(O)cc3-c3cc(CO)c4c(c3)=CCN=4)c2)CCCC1. The van der Waals surface area contributed by atoms with Gasteiger partial charge in [0, 0.05) is 18.4 Å². The van der Waals surface area contributed by atoms with Gasteiger partial charge in [-0.1, -0.05) is 56.9 Å². The van der Waals surface area contributed by atoms with E-state index in [0.717, 1.165) is 38.4 Å². The average Bonchev–Trinajstić information content (AvgIpc) is 3.70. The van der Waals surface area contributed by atoms with Crippen LogP contribution in [-0.4, -0.2) is 34.3 Å². The first-order valence-electron chi connectivity index (χ1n) is 15.7. The zero-order chi connectivity index (χ0) is 30.2. The van der Waals surface area contributed by atoms with E-state index in [1.807, 2.05) is 42.5 Å². The lowest BCUT2D eigenvalue weighted by Crippen LogP contribution is -2.26. The number of benzene rings is 3. The van der Waals surface area contributed by atoms with Crippen LogP contribution in [0.1, 0.15) is 75.0 Å². The zero-order valence-corrected chi connectivity index (χ0v) is 25.1. The van der Waals surface area contributed by atoms with Crippen molar-refractivity contribution in [2.45, 2.75) is 77.7 Å². The maximum atomic E-state index is 12.7. The van der Waals surface area contributed by atoms with Crippen LogP contribution in [0.4, 0.5) is 0 Å². The number of aliphatic hydroxyl groups excluding tert-OH is 1. The lowest BCUT2D eigenvalue weighted by molar-refractivity contribution is -0.114. The van der Waals surface area contributed by atoms with Gasteiger partial charge in [-0.3, -0.25) is 9.79 Å². The molecule has 1 heterocycles. The highest BCUT2D eigenvalue weighted by atomic mass is 16.5. The van der Waals surface area contributed by atoms with Crippen LogP contribution in [0.15, 0.2) is 65.7 Å². The van der Waals surface area contributed by atoms with Crippen molar-refractivity contribution >= 4 is 11.9 Å². The van der Waals surface area contributed by atoms with Gasteiger partial charge in [-0.05, 0) is 101 Å². The molecule has 1 saturated carbocycles. The van der Waals surface area contributed by atoms with Crippen molar-refractivity contribution in [2.24, 2.45) is 10.4 Å². The van der Waals surface area contributed by atoms with E-state index in [-0.39, 0.29) is 29.3 Å². The summed E-state index contributed by atoms with van der Waals surface area (Å²) in [7, 11) is 0. The first-order valence-corrected chi connectivity index (χ1v) is 15.7. The van der Waals surface area contributed by atoms with Crippen molar-refractivity contribution in [3.63, 3.8) is 0 Å². The molecule has 5 rings (SSSR count). The number of ketones is 1. The Labute approximate surface area is 254 Å². The zero-order valence-electron chi connectivity index (χ0n) is 25.1. The van der Waals surface area contributed by atoms with Crippen LogP contribution in [0.2, 0.25) is 0 Å². The number of phenolic OH excluding ortho intramolecular Hbond substituents is 2. The summed E-state index contributed by atoms with van der Waals surface area (Å²) in [4.78, 5) is 17.2. The monoisotopic (exact) mass is 581 g/mol. The molecule has 3 N–H and O–H groups in total. The quantitative estimate of drug-likeness (QED) is 0.200. The summed E-state index contributed by atoms with van der Waals surface area (Å²) in [5, 5.41) is 32.4. The van der Waals surface area contributed by atoms with Crippen LogP contribution in [0.5, 0.6) is 17.2 Å². The molecule has 1 aliphatic heterocycles. The lowest BCUT2D eigenvalue weighted by atomic mass is 9.80. The minimum Gasteiger partial charge on any atom is -0.508 e. The van der Waals surface area contributed by atoms with Gasteiger partial charge in [-0.25, -0.2) is 0 Å². The smallest absolute Gasteiger partial charge is 0.161 e. The Balaban J connectivity index is 1.22. The molecule has 6 heteroatoms. The fourth-order valence-electron chi connectivity index (χ4n) is 6.46. The molecule has 6 nitrogen and oxygen atoms in total. The van der Waals surface area contributed by atoms with E-state index in [4.69, 9.17) is 4.74 Å². The molecule has 0 saturated heterocycles. The van der Waals surface area contributed by atoms with Gasteiger partial charge in [0.05, 0.1) is 25.1 Å². The Bertz CT molecular complexity index is 1600. The summed E-state index contributed by atoms with van der Waals surface area (Å²) < 4.78 is 6.02. The molecule has 0 unspecified atom stereocenters. The third kappa shape index (κ3) is 7.55. The summed E-state index contributed by atoms with van der Waals surface area (Å²) in [6, 6.07) is 14.5. The van der Waals surface area contributed by atoms with Gasteiger partial charge in [0.1, 0.15) is 5.75 Å². The molecule has 3 aromatic carbocycles. The number of aromatic hydroxyl groups is 2. The minimum absolute atomic E-state index is 0.0606. The number of allylic oxidation sites excluding steroid dienone is 2. The number of nitrogens with zero attached hydrogens (tertiary/aromatic N) is 1. The normalized spacial score (nSPS) is 15.3. The van der Waals surface area contributed by atoms with E-state index >= 15 is 0 Å². The average molecular weight is 582 g/mol. The van der Waals surface area contributed by atoms with E-state index in [0.29, 0.717) is 38.2 Å². The first-order chi connectivity index (χ1) is 20.9. The van der Waals surface area contributed by atoms with Crippen LogP contribution in [0.3, 0.4) is 0 Å². The Kier molecular flexibility index (Phi) is 9.98. The maximum absolute atomic E-state index is 12.7. The van der Waals surface area contributed by atoms with Crippen molar-refractivity contribution in [1.29, 1.82) is 0 Å². The summed E-state index contributed by atoms with van der Waals surface area (Å²) in [6.07, 6.45) is 16.0. The van der Waals surface area contributed by atoms with Crippen molar-refractivity contribution < 1.29 is 24.9 Å². The molecule has 0 bridgehead atoms. The Morgan fingerprint density at radius 3 is 2.65 bits per heavy atom. The fraction of sp³-hybridized carbons (Fsp3) is 0.405. The van der Waals surface area contributed by atoms with Gasteiger partial charge in [0.2, 0.25) is 0 Å². The van der Waals surface area contributed by atoms with Crippen molar-refractivity contribution in [2.75, 3.05) is 13.2 Å². The molecule has 0 amide bonds. The number of carbonyl (C=O) groups is 1. The second-order valence-electron chi connectivity index (χ2n) is 12.0. The standard InChI is InChI=1S/C37H43NO5/c1-2-3-15-37(16-4-5-17-37)18-12-31(40)9-6-26-7-11-34(42)35(21-26)43-20-14-27-8-10-32(41)24-33(27)29-22-28-13-19-38-36(28)30(23-29)25-39/h7-8,10-13,18,21-24,39,41-42H,2-6,9,14-17,19-20,25H2,1H3. The van der Waals surface area contributed by atoms with Crippen LogP contribution in [0, 0.1) is 5.41 Å². The Morgan fingerprint density at radius 2 is 1.86 bits per heavy atom. The van der Waals surface area contributed by atoms with Crippen molar-refractivity contribution in [1.82, 2.24) is 0 Å². The number of hydrogen-bond acceptors (Lipinski definition) is 6. The van der Waals surface area contributed by atoms with E-state index in [1.165, 1.54) is 44.9 Å². The van der Waals surface area contributed by atoms with Crippen LogP contribution < -0.4 is 15.3 Å². The summed E-state index contributed by atoms with van der Waals surface area (Å²) in [5.41, 5.74) is 4.65.